The van der Waals surface area contributed by atoms with Gasteiger partial charge in [0.25, 0.3) is 0 Å². The summed E-state index contributed by atoms with van der Waals surface area (Å²) in [5, 5.41) is -0.336. The van der Waals surface area contributed by atoms with E-state index in [1.54, 1.807) is 19.2 Å². The summed E-state index contributed by atoms with van der Waals surface area (Å²) >= 11 is 0. The lowest BCUT2D eigenvalue weighted by atomic mass is 9.79. The summed E-state index contributed by atoms with van der Waals surface area (Å²) in [5.41, 5.74) is 0.756. The van der Waals surface area contributed by atoms with E-state index in [9.17, 15) is 16.8 Å². The van der Waals surface area contributed by atoms with Crippen LogP contribution in [0.15, 0.2) is 17.0 Å². The Bertz CT molecular complexity index is 1100. The van der Waals surface area contributed by atoms with Crippen LogP contribution in [0.5, 0.6) is 5.75 Å². The molecule has 1 saturated heterocycles. The molecule has 0 amide bonds. The first-order valence-electron chi connectivity index (χ1n) is 12.0. The number of benzene rings is 1. The van der Waals surface area contributed by atoms with Crippen molar-refractivity contribution in [2.24, 2.45) is 5.41 Å². The van der Waals surface area contributed by atoms with Crippen LogP contribution in [0.1, 0.15) is 85.8 Å². The van der Waals surface area contributed by atoms with Crippen LogP contribution in [0, 0.1) is 5.41 Å². The summed E-state index contributed by atoms with van der Waals surface area (Å²) in [6.07, 6.45) is 1.93. The minimum Gasteiger partial charge on any atom is -0.496 e. The third-order valence-electron chi connectivity index (χ3n) is 6.75. The van der Waals surface area contributed by atoms with Crippen LogP contribution in [0.25, 0.3) is 0 Å². The van der Waals surface area contributed by atoms with Gasteiger partial charge in [-0.1, -0.05) is 55.4 Å². The lowest BCUT2D eigenvalue weighted by Crippen LogP contribution is -2.44. The zero-order chi connectivity index (χ0) is 25.9. The first-order valence-corrected chi connectivity index (χ1v) is 15.0. The highest BCUT2D eigenvalue weighted by molar-refractivity contribution is 7.90. The number of hydrogen-bond acceptors (Lipinski definition) is 5. The Morgan fingerprint density at radius 3 is 1.91 bits per heavy atom. The molecule has 194 valence electrons. The third-order valence-corrected chi connectivity index (χ3v) is 10.5. The SMILES string of the molecule is COc1c(C(C)(C)C)cc(S(=O)(=O)N2CC(C)(C)C[C@H]2CNS(=O)(=O)C2CC2)cc1C(C)(C)C. The molecule has 3 rings (SSSR count). The first kappa shape index (κ1) is 27.4. The van der Waals surface area contributed by atoms with Crippen molar-refractivity contribution in [3.05, 3.63) is 23.3 Å². The maximum Gasteiger partial charge on any atom is 0.243 e. The average molecular weight is 515 g/mol. The van der Waals surface area contributed by atoms with Gasteiger partial charge in [0.1, 0.15) is 5.75 Å². The molecule has 34 heavy (non-hydrogen) atoms. The van der Waals surface area contributed by atoms with Gasteiger partial charge in [0.2, 0.25) is 20.0 Å². The smallest absolute Gasteiger partial charge is 0.243 e. The van der Waals surface area contributed by atoms with Gasteiger partial charge in [0, 0.05) is 30.3 Å². The maximum atomic E-state index is 14.1. The van der Waals surface area contributed by atoms with Crippen LogP contribution >= 0.6 is 0 Å². The van der Waals surface area contributed by atoms with Gasteiger partial charge >= 0.3 is 0 Å². The Hall–Kier alpha value is -1.16. The number of rotatable bonds is 7. The van der Waals surface area contributed by atoms with E-state index in [2.05, 4.69) is 4.72 Å². The van der Waals surface area contributed by atoms with E-state index >= 15 is 0 Å². The van der Waals surface area contributed by atoms with Crippen LogP contribution in [0.2, 0.25) is 0 Å². The molecule has 1 atom stereocenters. The van der Waals surface area contributed by atoms with Crippen molar-refractivity contribution in [2.75, 3.05) is 20.2 Å². The number of hydrogen-bond donors (Lipinski definition) is 1. The van der Waals surface area contributed by atoms with E-state index in [1.165, 1.54) is 4.31 Å². The molecule has 7 nitrogen and oxygen atoms in total. The number of sulfonamides is 2. The van der Waals surface area contributed by atoms with Crippen molar-refractivity contribution in [1.29, 1.82) is 0 Å². The molecule has 1 aliphatic heterocycles. The largest absolute Gasteiger partial charge is 0.496 e. The summed E-state index contributed by atoms with van der Waals surface area (Å²) < 4.78 is 63.0. The summed E-state index contributed by atoms with van der Waals surface area (Å²) in [6.45, 7) is 16.8. The zero-order valence-electron chi connectivity index (χ0n) is 22.1. The van der Waals surface area contributed by atoms with Gasteiger partial charge in [-0.2, -0.15) is 4.31 Å². The molecular weight excluding hydrogens is 472 g/mol. The van der Waals surface area contributed by atoms with Crippen molar-refractivity contribution >= 4 is 20.0 Å². The monoisotopic (exact) mass is 514 g/mol. The second-order valence-electron chi connectivity index (χ2n) is 12.7. The summed E-state index contributed by atoms with van der Waals surface area (Å²) in [7, 11) is -5.65. The molecule has 1 aromatic rings. The van der Waals surface area contributed by atoms with Gasteiger partial charge in [0.15, 0.2) is 0 Å². The molecule has 1 aliphatic carbocycles. The average Bonchev–Trinajstić information content (AvgIpc) is 3.48. The highest BCUT2D eigenvalue weighted by atomic mass is 32.2. The van der Waals surface area contributed by atoms with Crippen LogP contribution in [0.4, 0.5) is 0 Å². The predicted octanol–water partition coefficient (Wildman–Crippen LogP) is 4.16. The van der Waals surface area contributed by atoms with Gasteiger partial charge in [-0.3, -0.25) is 0 Å². The zero-order valence-corrected chi connectivity index (χ0v) is 23.8. The highest BCUT2D eigenvalue weighted by Crippen LogP contribution is 2.44. The van der Waals surface area contributed by atoms with Gasteiger partial charge in [-0.25, -0.2) is 21.6 Å². The molecule has 0 bridgehead atoms. The van der Waals surface area contributed by atoms with E-state index in [0.29, 0.717) is 25.8 Å². The van der Waals surface area contributed by atoms with Gasteiger partial charge in [-0.05, 0) is 47.6 Å². The molecule has 1 saturated carbocycles. The number of ether oxygens (including phenoxy) is 1. The predicted molar refractivity (Wildman–Crippen MR) is 136 cm³/mol. The fraction of sp³-hybridized carbons (Fsp3) is 0.760. The number of methoxy groups -OCH3 is 1. The van der Waals surface area contributed by atoms with Crippen molar-refractivity contribution in [3.8, 4) is 5.75 Å². The van der Waals surface area contributed by atoms with Crippen LogP contribution in [-0.4, -0.2) is 52.6 Å². The Morgan fingerprint density at radius 1 is 1.00 bits per heavy atom. The summed E-state index contributed by atoms with van der Waals surface area (Å²) in [5.74, 6) is 0.717. The van der Waals surface area contributed by atoms with Crippen LogP contribution in [0.3, 0.4) is 0 Å². The third kappa shape index (κ3) is 5.63. The normalized spacial score (nSPS) is 22.2. The Balaban J connectivity index is 2.08. The Kier molecular flexibility index (Phi) is 7.06. The second-order valence-corrected chi connectivity index (χ2v) is 16.7. The Labute approximate surface area is 206 Å². The molecule has 2 aliphatic rings. The molecule has 0 unspecified atom stereocenters. The summed E-state index contributed by atoms with van der Waals surface area (Å²) in [6, 6.07) is 3.03. The lowest BCUT2D eigenvalue weighted by Gasteiger charge is -2.31. The Morgan fingerprint density at radius 2 is 1.50 bits per heavy atom. The van der Waals surface area contributed by atoms with E-state index < -0.39 is 26.1 Å². The molecule has 2 fully saturated rings. The van der Waals surface area contributed by atoms with Crippen LogP contribution < -0.4 is 9.46 Å². The van der Waals surface area contributed by atoms with Crippen LogP contribution in [-0.2, 0) is 30.9 Å². The first-order chi connectivity index (χ1) is 15.3. The minimum atomic E-state index is -3.88. The van der Waals surface area contributed by atoms with Gasteiger partial charge < -0.3 is 4.74 Å². The molecule has 0 aromatic heterocycles. The molecule has 0 spiro atoms. The van der Waals surface area contributed by atoms with Gasteiger partial charge in [-0.15, -0.1) is 0 Å². The van der Waals surface area contributed by atoms with Crippen molar-refractivity contribution in [3.63, 3.8) is 0 Å². The summed E-state index contributed by atoms with van der Waals surface area (Å²) in [4.78, 5) is 0.232. The van der Waals surface area contributed by atoms with Crippen molar-refractivity contribution in [2.45, 2.75) is 102 Å². The minimum absolute atomic E-state index is 0.0932. The molecule has 1 heterocycles. The van der Waals surface area contributed by atoms with E-state index in [-0.39, 0.29) is 32.9 Å². The lowest BCUT2D eigenvalue weighted by molar-refractivity contribution is 0.364. The maximum absolute atomic E-state index is 14.1. The van der Waals surface area contributed by atoms with Gasteiger partial charge in [0.05, 0.1) is 17.3 Å². The number of nitrogens with one attached hydrogen (secondary N) is 1. The molecule has 9 heteroatoms. The standard InChI is InChI=1S/C25H42N2O5S2/c1-23(2,3)20-12-19(13-21(22(20)32-9)24(4,5)6)34(30,31)27-16-25(7,8)14-17(27)15-26-33(28,29)18-10-11-18/h12-13,17-18,26H,10-11,14-16H2,1-9H3/t17-/m0/s1. The second kappa shape index (κ2) is 8.75. The quantitative estimate of drug-likeness (QED) is 0.590. The topological polar surface area (TPSA) is 92.8 Å². The highest BCUT2D eigenvalue weighted by Gasteiger charge is 2.46. The van der Waals surface area contributed by atoms with E-state index in [0.717, 1.165) is 16.9 Å². The van der Waals surface area contributed by atoms with E-state index in [1.807, 2.05) is 55.4 Å². The van der Waals surface area contributed by atoms with Crippen molar-refractivity contribution < 1.29 is 21.6 Å². The van der Waals surface area contributed by atoms with Crippen molar-refractivity contribution in [1.82, 2.24) is 9.03 Å². The molecule has 1 N–H and O–H groups in total. The van der Waals surface area contributed by atoms with E-state index in [4.69, 9.17) is 4.74 Å². The molecule has 0 radical (unpaired) electrons. The molecule has 1 aromatic carbocycles. The number of nitrogens with zero attached hydrogens (tertiary/aromatic N) is 1. The fourth-order valence-electron chi connectivity index (χ4n) is 4.74. The molecular formula is C25H42N2O5S2. The fourth-order valence-corrected chi connectivity index (χ4v) is 8.02.